The highest BCUT2D eigenvalue weighted by atomic mass is 16.5. The molecule has 6 heteroatoms. The van der Waals surface area contributed by atoms with Gasteiger partial charge in [-0.3, -0.25) is 0 Å². The lowest BCUT2D eigenvalue weighted by molar-refractivity contribution is 0.409. The Kier molecular flexibility index (Phi) is 4.77. The van der Waals surface area contributed by atoms with Crippen molar-refractivity contribution in [2.24, 2.45) is 0 Å². The maximum atomic E-state index is 5.53. The molecular weight excluding hydrogens is 424 g/mol. The van der Waals surface area contributed by atoms with Crippen molar-refractivity contribution < 1.29 is 9.47 Å². The van der Waals surface area contributed by atoms with Crippen LogP contribution in [-0.2, 0) is 0 Å². The molecule has 0 aliphatic rings. The van der Waals surface area contributed by atoms with Crippen LogP contribution in [0.4, 0.5) is 0 Å². The average molecular weight is 444 g/mol. The Morgan fingerprint density at radius 2 is 0.824 bits per heavy atom. The molecule has 6 aromatic rings. The fraction of sp³-hybridized carbons (Fsp3) is 0.0714. The van der Waals surface area contributed by atoms with Gasteiger partial charge in [0.2, 0.25) is 0 Å². The van der Waals surface area contributed by atoms with Gasteiger partial charge in [-0.1, -0.05) is 72.8 Å². The number of ether oxygens (including phenoxy) is 2. The van der Waals surface area contributed by atoms with Gasteiger partial charge in [0, 0.05) is 11.1 Å². The molecule has 0 N–H and O–H groups in total. The summed E-state index contributed by atoms with van der Waals surface area (Å²) in [4.78, 5) is 19.6. The van der Waals surface area contributed by atoms with Crippen molar-refractivity contribution in [1.82, 2.24) is 19.9 Å². The molecule has 0 aliphatic carbocycles. The van der Waals surface area contributed by atoms with E-state index in [1.54, 1.807) is 14.2 Å². The fourth-order valence-electron chi connectivity index (χ4n) is 4.27. The van der Waals surface area contributed by atoms with E-state index in [1.165, 1.54) is 0 Å². The molecular formula is C28H20N4O2. The highest BCUT2D eigenvalue weighted by molar-refractivity contribution is 6.03. The molecule has 0 saturated carbocycles. The molecule has 0 atom stereocenters. The highest BCUT2D eigenvalue weighted by Gasteiger charge is 2.18. The van der Waals surface area contributed by atoms with Gasteiger partial charge in [0.15, 0.2) is 11.3 Å². The number of aromatic nitrogens is 4. The van der Waals surface area contributed by atoms with Crippen molar-refractivity contribution in [2.45, 2.75) is 0 Å². The van der Waals surface area contributed by atoms with E-state index in [0.29, 0.717) is 33.8 Å². The fourth-order valence-corrected chi connectivity index (χ4v) is 4.27. The molecule has 6 nitrogen and oxygen atoms in total. The van der Waals surface area contributed by atoms with Crippen LogP contribution in [0.2, 0.25) is 0 Å². The first kappa shape index (κ1) is 20.1. The first-order chi connectivity index (χ1) is 16.8. The van der Waals surface area contributed by atoms with Crippen LogP contribution < -0.4 is 9.47 Å². The van der Waals surface area contributed by atoms with E-state index in [4.69, 9.17) is 29.4 Å². The Balaban J connectivity index is 1.74. The lowest BCUT2D eigenvalue weighted by Crippen LogP contribution is -2.00. The largest absolute Gasteiger partial charge is 0.494 e. The molecule has 0 bridgehead atoms. The minimum absolute atomic E-state index is 0.453. The topological polar surface area (TPSA) is 70.0 Å². The molecule has 0 radical (unpaired) electrons. The van der Waals surface area contributed by atoms with Gasteiger partial charge in [0.25, 0.3) is 0 Å². The van der Waals surface area contributed by atoms with Crippen LogP contribution in [0.3, 0.4) is 0 Å². The number of benzene rings is 4. The summed E-state index contributed by atoms with van der Waals surface area (Å²) in [6.07, 6.45) is 0. The Morgan fingerprint density at radius 3 is 1.21 bits per heavy atom. The summed E-state index contributed by atoms with van der Waals surface area (Å²) in [6, 6.07) is 28.2. The van der Waals surface area contributed by atoms with E-state index in [1.807, 2.05) is 48.5 Å². The van der Waals surface area contributed by atoms with Crippen molar-refractivity contribution in [3.05, 3.63) is 84.9 Å². The first-order valence-corrected chi connectivity index (χ1v) is 10.9. The van der Waals surface area contributed by atoms with Crippen LogP contribution in [0.1, 0.15) is 0 Å². The predicted octanol–water partition coefficient (Wildman–Crippen LogP) is 6.08. The van der Waals surface area contributed by atoms with E-state index >= 15 is 0 Å². The van der Waals surface area contributed by atoms with Crippen molar-refractivity contribution in [3.63, 3.8) is 0 Å². The van der Waals surface area contributed by atoms with Crippen molar-refractivity contribution in [1.29, 1.82) is 0 Å². The van der Waals surface area contributed by atoms with Crippen molar-refractivity contribution >= 4 is 33.4 Å². The van der Waals surface area contributed by atoms with Crippen LogP contribution in [-0.4, -0.2) is 34.2 Å². The summed E-state index contributed by atoms with van der Waals surface area (Å²) < 4.78 is 11.1. The molecule has 4 aromatic carbocycles. The zero-order valence-electron chi connectivity index (χ0n) is 18.7. The Morgan fingerprint density at radius 1 is 0.441 bits per heavy atom. The standard InChI is InChI=1S/C28H20N4O2/c1-33-21-15-16-22(34-2)26-25(21)31-27-28(32-26)30-24-20(18-11-7-4-8-12-18)14-13-19(23(24)29-27)17-9-5-3-6-10-17/h3-16H,1-2H3. The summed E-state index contributed by atoms with van der Waals surface area (Å²) in [5.74, 6) is 1.21. The van der Waals surface area contributed by atoms with Gasteiger partial charge in [-0.05, 0) is 23.3 Å². The van der Waals surface area contributed by atoms with E-state index in [2.05, 4.69) is 36.4 Å². The van der Waals surface area contributed by atoms with Gasteiger partial charge in [-0.15, -0.1) is 0 Å². The van der Waals surface area contributed by atoms with E-state index in [9.17, 15) is 0 Å². The molecule has 0 amide bonds. The summed E-state index contributed by atoms with van der Waals surface area (Å²) in [6.45, 7) is 0. The van der Waals surface area contributed by atoms with Crippen LogP contribution in [0, 0.1) is 0 Å². The smallest absolute Gasteiger partial charge is 0.199 e. The number of hydrogen-bond donors (Lipinski definition) is 0. The molecule has 0 saturated heterocycles. The molecule has 2 aromatic heterocycles. The molecule has 0 aliphatic heterocycles. The average Bonchev–Trinajstić information content (AvgIpc) is 2.90. The molecule has 0 fully saturated rings. The third-order valence-corrected chi connectivity index (χ3v) is 5.91. The van der Waals surface area contributed by atoms with Gasteiger partial charge in [-0.2, -0.15) is 0 Å². The van der Waals surface area contributed by atoms with Crippen LogP contribution >= 0.6 is 0 Å². The van der Waals surface area contributed by atoms with Gasteiger partial charge >= 0.3 is 0 Å². The molecule has 0 spiro atoms. The number of methoxy groups -OCH3 is 2. The summed E-state index contributed by atoms with van der Waals surface area (Å²) in [7, 11) is 3.22. The molecule has 6 rings (SSSR count). The zero-order valence-corrected chi connectivity index (χ0v) is 18.7. The summed E-state index contributed by atoms with van der Waals surface area (Å²) >= 11 is 0. The van der Waals surface area contributed by atoms with Gasteiger partial charge < -0.3 is 9.47 Å². The molecule has 2 heterocycles. The van der Waals surface area contributed by atoms with Gasteiger partial charge in [0.05, 0.1) is 25.3 Å². The Labute approximate surface area is 195 Å². The SMILES string of the molecule is COc1ccc(OC)c2nc3nc4c(-c5ccccc5)ccc(-c5ccccc5)c4nc3nc12. The second-order valence-electron chi connectivity index (χ2n) is 7.85. The third kappa shape index (κ3) is 3.19. The van der Waals surface area contributed by atoms with E-state index in [0.717, 1.165) is 33.3 Å². The minimum Gasteiger partial charge on any atom is -0.494 e. The van der Waals surface area contributed by atoms with E-state index < -0.39 is 0 Å². The normalized spacial score (nSPS) is 11.2. The van der Waals surface area contributed by atoms with Gasteiger partial charge in [-0.25, -0.2) is 19.9 Å². The lowest BCUT2D eigenvalue weighted by Gasteiger charge is -2.13. The lowest BCUT2D eigenvalue weighted by atomic mass is 9.97. The number of rotatable bonds is 4. The Hall–Kier alpha value is -4.58. The third-order valence-electron chi connectivity index (χ3n) is 5.91. The zero-order chi connectivity index (χ0) is 23.1. The second kappa shape index (κ2) is 8.08. The maximum absolute atomic E-state index is 5.53. The number of nitrogens with zero attached hydrogens (tertiary/aromatic N) is 4. The summed E-state index contributed by atoms with van der Waals surface area (Å²) in [5.41, 5.74) is 7.73. The van der Waals surface area contributed by atoms with Crippen LogP contribution in [0.25, 0.3) is 55.6 Å². The Bertz CT molecular complexity index is 1540. The number of hydrogen-bond acceptors (Lipinski definition) is 6. The predicted molar refractivity (Wildman–Crippen MR) is 134 cm³/mol. The second-order valence-corrected chi connectivity index (χ2v) is 7.85. The van der Waals surface area contributed by atoms with Crippen LogP contribution in [0.15, 0.2) is 84.9 Å². The van der Waals surface area contributed by atoms with E-state index in [-0.39, 0.29) is 0 Å². The molecule has 34 heavy (non-hydrogen) atoms. The van der Waals surface area contributed by atoms with Crippen molar-refractivity contribution in [2.75, 3.05) is 14.2 Å². The van der Waals surface area contributed by atoms with Gasteiger partial charge in [0.1, 0.15) is 22.5 Å². The maximum Gasteiger partial charge on any atom is 0.199 e. The molecule has 0 unspecified atom stereocenters. The van der Waals surface area contributed by atoms with Crippen LogP contribution in [0.5, 0.6) is 11.5 Å². The van der Waals surface area contributed by atoms with Crippen molar-refractivity contribution in [3.8, 4) is 33.8 Å². The summed E-state index contributed by atoms with van der Waals surface area (Å²) in [5, 5.41) is 0. The highest BCUT2D eigenvalue weighted by Crippen LogP contribution is 2.36. The minimum atomic E-state index is 0.453. The quantitative estimate of drug-likeness (QED) is 0.307. The monoisotopic (exact) mass is 444 g/mol. The molecule has 164 valence electrons. The first-order valence-electron chi connectivity index (χ1n) is 10.9. The number of fused-ring (bicyclic) bond motifs is 3.